The highest BCUT2D eigenvalue weighted by Gasteiger charge is 2.44. The second-order valence-corrected chi connectivity index (χ2v) is 5.23. The van der Waals surface area contributed by atoms with Crippen LogP contribution in [0.25, 0.3) is 0 Å². The van der Waals surface area contributed by atoms with Crippen LogP contribution in [-0.2, 0) is 21.9 Å². The Morgan fingerprint density at radius 3 is 2.25 bits per heavy atom. The summed E-state index contributed by atoms with van der Waals surface area (Å²) < 4.78 is 69.9. The van der Waals surface area contributed by atoms with Gasteiger partial charge in [0.25, 0.3) is 0 Å². The Balaban J connectivity index is 3.19. The third-order valence-corrected chi connectivity index (χ3v) is 3.43. The molecule has 1 unspecified atom stereocenters. The molecular formula is C15H15F5O4. The van der Waals surface area contributed by atoms with Crippen molar-refractivity contribution < 1.29 is 41.4 Å². The van der Waals surface area contributed by atoms with Crippen molar-refractivity contribution >= 4 is 11.8 Å². The smallest absolute Gasteiger partial charge is 0.391 e. The maximum atomic E-state index is 13.8. The van der Waals surface area contributed by atoms with Gasteiger partial charge in [-0.2, -0.15) is 22.0 Å². The zero-order chi connectivity index (χ0) is 18.7. The number of hydrogen-bond acceptors (Lipinski definition) is 3. The predicted molar refractivity (Wildman–Crippen MR) is 73.1 cm³/mol. The fraction of sp³-hybridized carbons (Fsp3) is 0.467. The molecule has 0 saturated carbocycles. The topological polar surface area (TPSA) is 63.6 Å². The van der Waals surface area contributed by atoms with E-state index in [1.165, 1.54) is 6.07 Å². The number of carbonyl (C=O) groups excluding carboxylic acids is 1. The third kappa shape index (κ3) is 4.42. The molecule has 134 valence electrons. The molecule has 0 aliphatic rings. The van der Waals surface area contributed by atoms with Crippen molar-refractivity contribution in [1.82, 2.24) is 0 Å². The van der Waals surface area contributed by atoms with Crippen molar-refractivity contribution in [2.75, 3.05) is 7.11 Å². The molecule has 1 atom stereocenters. The number of benzene rings is 1. The quantitative estimate of drug-likeness (QED) is 0.761. The van der Waals surface area contributed by atoms with Gasteiger partial charge in [-0.3, -0.25) is 4.79 Å². The van der Waals surface area contributed by atoms with E-state index in [-0.39, 0.29) is 5.75 Å². The van der Waals surface area contributed by atoms with Crippen LogP contribution in [0.1, 0.15) is 24.5 Å². The Kier molecular flexibility index (Phi) is 5.91. The number of carboxylic acid groups (broad SMARTS) is 1. The van der Waals surface area contributed by atoms with Gasteiger partial charge in [-0.1, -0.05) is 19.1 Å². The summed E-state index contributed by atoms with van der Waals surface area (Å²) in [6.07, 6.45) is -6.29. The molecule has 1 aromatic rings. The number of Topliss-reactive ketones (excluding diaryl/α,β-unsaturated/α-hetero) is 1. The van der Waals surface area contributed by atoms with E-state index in [9.17, 15) is 31.5 Å². The summed E-state index contributed by atoms with van der Waals surface area (Å²) in [6.45, 7) is 0.799. The molecule has 0 spiro atoms. The van der Waals surface area contributed by atoms with Gasteiger partial charge < -0.3 is 9.84 Å². The SMILES string of the molecule is COc1cccc(C(F)(F)C(=O)O)c1CC(=O)CC(C)C(F)(F)F. The molecule has 0 saturated heterocycles. The Bertz CT molecular complexity index is 625. The number of carbonyl (C=O) groups is 2. The largest absolute Gasteiger partial charge is 0.496 e. The van der Waals surface area contributed by atoms with Gasteiger partial charge in [-0.05, 0) is 6.07 Å². The monoisotopic (exact) mass is 354 g/mol. The molecule has 0 radical (unpaired) electrons. The van der Waals surface area contributed by atoms with E-state index in [1.807, 2.05) is 0 Å². The highest BCUT2D eigenvalue weighted by molar-refractivity contribution is 5.84. The van der Waals surface area contributed by atoms with Gasteiger partial charge in [0, 0.05) is 24.0 Å². The minimum atomic E-state index is -4.59. The first kappa shape index (κ1) is 19.9. The van der Waals surface area contributed by atoms with Crippen LogP contribution in [0.2, 0.25) is 0 Å². The first-order valence-corrected chi connectivity index (χ1v) is 6.77. The molecule has 0 aliphatic heterocycles. The van der Waals surface area contributed by atoms with Gasteiger partial charge >= 0.3 is 18.1 Å². The molecule has 24 heavy (non-hydrogen) atoms. The van der Waals surface area contributed by atoms with Gasteiger partial charge in [0.05, 0.1) is 13.0 Å². The van der Waals surface area contributed by atoms with Gasteiger partial charge in [0.15, 0.2) is 0 Å². The van der Waals surface area contributed by atoms with E-state index in [0.29, 0.717) is 0 Å². The molecule has 9 heteroatoms. The minimum Gasteiger partial charge on any atom is -0.496 e. The molecule has 0 aromatic heterocycles. The molecule has 0 amide bonds. The van der Waals surface area contributed by atoms with Crippen LogP contribution in [-0.4, -0.2) is 30.1 Å². The van der Waals surface area contributed by atoms with Crippen LogP contribution < -0.4 is 4.74 Å². The Labute approximate surface area is 134 Å². The highest BCUT2D eigenvalue weighted by atomic mass is 19.4. The third-order valence-electron chi connectivity index (χ3n) is 3.43. The standard InChI is InChI=1S/C15H15F5O4/c1-8(15(18,19)20)6-9(21)7-10-11(14(16,17)13(22)23)4-3-5-12(10)24-2/h3-5,8H,6-7H2,1-2H3,(H,22,23). The number of ether oxygens (including phenoxy) is 1. The lowest BCUT2D eigenvalue weighted by atomic mass is 9.93. The molecule has 0 bridgehead atoms. The fourth-order valence-corrected chi connectivity index (χ4v) is 2.08. The molecule has 0 fully saturated rings. The van der Waals surface area contributed by atoms with Crippen molar-refractivity contribution in [3.8, 4) is 5.75 Å². The lowest BCUT2D eigenvalue weighted by Crippen LogP contribution is -2.28. The normalized spacial score (nSPS) is 13.5. The van der Waals surface area contributed by atoms with E-state index < -0.39 is 53.7 Å². The average molecular weight is 354 g/mol. The molecule has 1 N–H and O–H groups in total. The number of alkyl halides is 5. The second kappa shape index (κ2) is 7.14. The summed E-state index contributed by atoms with van der Waals surface area (Å²) in [7, 11) is 1.12. The molecule has 1 aromatic carbocycles. The molecule has 1 rings (SSSR count). The van der Waals surface area contributed by atoms with Gasteiger partial charge in [0.2, 0.25) is 0 Å². The zero-order valence-electron chi connectivity index (χ0n) is 12.8. The van der Waals surface area contributed by atoms with Crippen molar-refractivity contribution in [1.29, 1.82) is 0 Å². The van der Waals surface area contributed by atoms with Crippen LogP contribution in [0.4, 0.5) is 22.0 Å². The summed E-state index contributed by atoms with van der Waals surface area (Å²) in [4.78, 5) is 22.6. The summed E-state index contributed by atoms with van der Waals surface area (Å²) in [5.74, 6) is -9.83. The molecular weight excluding hydrogens is 339 g/mol. The van der Waals surface area contributed by atoms with E-state index in [2.05, 4.69) is 0 Å². The van der Waals surface area contributed by atoms with Crippen molar-refractivity contribution in [2.45, 2.75) is 31.9 Å². The second-order valence-electron chi connectivity index (χ2n) is 5.23. The number of carboxylic acids is 1. The van der Waals surface area contributed by atoms with E-state index in [4.69, 9.17) is 9.84 Å². The van der Waals surface area contributed by atoms with Gasteiger partial charge in [-0.15, -0.1) is 0 Å². The number of rotatable bonds is 7. The molecule has 4 nitrogen and oxygen atoms in total. The first-order chi connectivity index (χ1) is 10.9. The number of methoxy groups -OCH3 is 1. The maximum absolute atomic E-state index is 13.8. The summed E-state index contributed by atoms with van der Waals surface area (Å²) >= 11 is 0. The number of hydrogen-bond donors (Lipinski definition) is 1. The number of ketones is 1. The van der Waals surface area contributed by atoms with Crippen molar-refractivity contribution in [2.24, 2.45) is 5.92 Å². The Hall–Kier alpha value is -2.19. The van der Waals surface area contributed by atoms with Crippen LogP contribution in [0.15, 0.2) is 18.2 Å². The number of aliphatic carboxylic acids is 1. The average Bonchev–Trinajstić information content (AvgIpc) is 2.45. The van der Waals surface area contributed by atoms with Crippen LogP contribution in [0, 0.1) is 5.92 Å². The molecule has 0 heterocycles. The minimum absolute atomic E-state index is 0.193. The van der Waals surface area contributed by atoms with Gasteiger partial charge in [0.1, 0.15) is 11.5 Å². The lowest BCUT2D eigenvalue weighted by molar-refractivity contribution is -0.173. The predicted octanol–water partition coefficient (Wildman–Crippen LogP) is 3.57. The lowest BCUT2D eigenvalue weighted by Gasteiger charge is -2.19. The van der Waals surface area contributed by atoms with Crippen molar-refractivity contribution in [3.05, 3.63) is 29.3 Å². The summed E-state index contributed by atoms with van der Waals surface area (Å²) in [6, 6.07) is 3.13. The first-order valence-electron chi connectivity index (χ1n) is 6.77. The van der Waals surface area contributed by atoms with Crippen molar-refractivity contribution in [3.63, 3.8) is 0 Å². The van der Waals surface area contributed by atoms with E-state index in [1.54, 1.807) is 0 Å². The zero-order valence-corrected chi connectivity index (χ0v) is 12.8. The number of halogens is 5. The summed E-state index contributed by atoms with van der Waals surface area (Å²) in [5.41, 5.74) is -1.42. The van der Waals surface area contributed by atoms with Crippen LogP contribution in [0.3, 0.4) is 0 Å². The Morgan fingerprint density at radius 1 is 1.21 bits per heavy atom. The summed E-state index contributed by atoms with van der Waals surface area (Å²) in [5, 5.41) is 8.64. The maximum Gasteiger partial charge on any atom is 0.391 e. The van der Waals surface area contributed by atoms with Gasteiger partial charge in [-0.25, -0.2) is 4.79 Å². The Morgan fingerprint density at radius 2 is 1.79 bits per heavy atom. The fourth-order valence-electron chi connectivity index (χ4n) is 2.08. The van der Waals surface area contributed by atoms with E-state index in [0.717, 1.165) is 26.2 Å². The highest BCUT2D eigenvalue weighted by Crippen LogP contribution is 2.36. The van der Waals surface area contributed by atoms with E-state index >= 15 is 0 Å². The van der Waals surface area contributed by atoms with Crippen LogP contribution >= 0.6 is 0 Å². The van der Waals surface area contributed by atoms with Crippen LogP contribution in [0.5, 0.6) is 5.75 Å². The molecule has 0 aliphatic carbocycles.